The fourth-order valence-electron chi connectivity index (χ4n) is 5.14. The first-order valence-electron chi connectivity index (χ1n) is 11.8. The maximum Gasteiger partial charge on any atom is 0.0687 e. The van der Waals surface area contributed by atoms with Crippen LogP contribution in [0.2, 0.25) is 0 Å². The maximum atomic E-state index is 5.05. The van der Waals surface area contributed by atoms with Crippen LogP contribution in [0.15, 0.2) is 24.8 Å². The minimum absolute atomic E-state index is 0.370. The lowest BCUT2D eigenvalue weighted by atomic mass is 10.0. The molecule has 0 saturated heterocycles. The van der Waals surface area contributed by atoms with Crippen LogP contribution in [0.5, 0.6) is 0 Å². The van der Waals surface area contributed by atoms with Gasteiger partial charge in [-0.1, -0.05) is 26.5 Å². The molecular formula is C29H32N4. The third-order valence-corrected chi connectivity index (χ3v) is 7.32. The Morgan fingerprint density at radius 3 is 2.39 bits per heavy atom. The standard InChI is InChI=1S/C29H32N4/c1-8-20-18(6)27-14-29-21(9-2)17(5)26(32-29)12-22-15(3)10-24(30-22)19(7)25-11-16(4)23(31-25)13-28(20)33-27/h9,11-15,32-33H,2,8,10H2,1,3-7H3. The normalized spacial score (nSPS) is 15.6. The first kappa shape index (κ1) is 21.4. The zero-order valence-corrected chi connectivity index (χ0v) is 20.5. The molecule has 2 N–H and O–H groups in total. The molecule has 1 atom stereocenters. The fraction of sp³-hybridized carbons (Fsp3) is 0.310. The summed E-state index contributed by atoms with van der Waals surface area (Å²) in [6, 6.07) is 6.63. The van der Waals surface area contributed by atoms with Gasteiger partial charge in [0.2, 0.25) is 0 Å². The lowest BCUT2D eigenvalue weighted by Gasteiger charge is -2.00. The second-order valence-electron chi connectivity index (χ2n) is 9.46. The van der Waals surface area contributed by atoms with Crippen molar-refractivity contribution in [2.75, 3.05) is 0 Å². The second kappa shape index (κ2) is 7.87. The van der Waals surface area contributed by atoms with E-state index in [2.05, 4.69) is 82.4 Å². The maximum absolute atomic E-state index is 5.05. The second-order valence-corrected chi connectivity index (χ2v) is 9.46. The van der Waals surface area contributed by atoms with Crippen molar-refractivity contribution in [1.29, 1.82) is 0 Å². The van der Waals surface area contributed by atoms with E-state index in [-0.39, 0.29) is 0 Å². The van der Waals surface area contributed by atoms with Crippen LogP contribution in [0.3, 0.4) is 0 Å². The number of H-pyrrole nitrogens is 2. The monoisotopic (exact) mass is 436 g/mol. The van der Waals surface area contributed by atoms with Gasteiger partial charge in [0.05, 0.1) is 11.4 Å². The van der Waals surface area contributed by atoms with Crippen molar-refractivity contribution in [2.45, 2.75) is 60.3 Å². The lowest BCUT2D eigenvalue weighted by molar-refractivity contribution is 0.793. The third kappa shape index (κ3) is 3.45. The smallest absolute Gasteiger partial charge is 0.0687 e. The summed E-state index contributed by atoms with van der Waals surface area (Å²) in [5, 5.41) is 0. The summed E-state index contributed by atoms with van der Waals surface area (Å²) >= 11 is 0. The molecule has 4 heteroatoms. The molecule has 5 rings (SSSR count). The molecule has 5 heterocycles. The Balaban J connectivity index is 1.99. The van der Waals surface area contributed by atoms with Gasteiger partial charge in [-0.25, -0.2) is 4.98 Å². The van der Waals surface area contributed by atoms with E-state index >= 15 is 0 Å². The topological polar surface area (TPSA) is 57.4 Å². The van der Waals surface area contributed by atoms with Crippen LogP contribution in [-0.2, 0) is 12.8 Å². The number of fused-ring (bicyclic) bond motifs is 8. The molecule has 0 aliphatic carbocycles. The summed E-state index contributed by atoms with van der Waals surface area (Å²) in [7, 11) is 0. The first-order valence-corrected chi connectivity index (χ1v) is 11.8. The van der Waals surface area contributed by atoms with Crippen LogP contribution < -0.4 is 0 Å². The predicted molar refractivity (Wildman–Crippen MR) is 140 cm³/mol. The molecule has 0 spiro atoms. The van der Waals surface area contributed by atoms with Crippen LogP contribution in [-0.4, -0.2) is 19.9 Å². The SMILES string of the molecule is C=Cc1c(C)c2cc3nc(c(C)c4nc(cc5[nH]c(cc1[nH]2)c(C)c5CC)C(C)=C4)CC3C. The van der Waals surface area contributed by atoms with Gasteiger partial charge >= 0.3 is 0 Å². The van der Waals surface area contributed by atoms with E-state index < -0.39 is 0 Å². The lowest BCUT2D eigenvalue weighted by Crippen LogP contribution is -1.91. The Morgan fingerprint density at radius 2 is 1.67 bits per heavy atom. The number of aromatic amines is 2. The zero-order valence-electron chi connectivity index (χ0n) is 20.5. The molecule has 168 valence electrons. The number of aromatic nitrogens is 4. The summed E-state index contributed by atoms with van der Waals surface area (Å²) in [5.41, 5.74) is 16.0. The predicted octanol–water partition coefficient (Wildman–Crippen LogP) is 7.35. The van der Waals surface area contributed by atoms with Gasteiger partial charge in [-0.05, 0) is 92.6 Å². The van der Waals surface area contributed by atoms with Gasteiger partial charge < -0.3 is 9.97 Å². The van der Waals surface area contributed by atoms with E-state index in [0.29, 0.717) is 5.92 Å². The van der Waals surface area contributed by atoms with Crippen molar-refractivity contribution in [2.24, 2.45) is 0 Å². The number of nitrogens with zero attached hydrogens (tertiary/aromatic N) is 2. The van der Waals surface area contributed by atoms with E-state index in [4.69, 9.17) is 9.97 Å². The van der Waals surface area contributed by atoms with E-state index in [1.54, 1.807) is 0 Å². The van der Waals surface area contributed by atoms with Crippen LogP contribution in [0.4, 0.5) is 0 Å². The van der Waals surface area contributed by atoms with Crippen LogP contribution in [0, 0.1) is 20.8 Å². The highest BCUT2D eigenvalue weighted by atomic mass is 14.8. The van der Waals surface area contributed by atoms with Gasteiger partial charge in [0.25, 0.3) is 0 Å². The Labute approximate surface area is 195 Å². The quantitative estimate of drug-likeness (QED) is 0.441. The number of hydrogen-bond donors (Lipinski definition) is 2. The molecule has 0 amide bonds. The van der Waals surface area contributed by atoms with Gasteiger partial charge in [-0.3, -0.25) is 4.98 Å². The summed E-state index contributed by atoms with van der Waals surface area (Å²) < 4.78 is 0. The molecule has 4 nitrogen and oxygen atoms in total. The highest BCUT2D eigenvalue weighted by molar-refractivity contribution is 5.86. The number of nitrogens with one attached hydrogen (secondary N) is 2. The van der Waals surface area contributed by atoms with Crippen molar-refractivity contribution < 1.29 is 0 Å². The summed E-state index contributed by atoms with van der Waals surface area (Å²) in [6.07, 6.45) is 6.04. The largest absolute Gasteiger partial charge is 0.355 e. The van der Waals surface area contributed by atoms with Crippen molar-refractivity contribution in [3.63, 3.8) is 0 Å². The van der Waals surface area contributed by atoms with Gasteiger partial charge in [-0.15, -0.1) is 0 Å². The Bertz CT molecular complexity index is 1490. The van der Waals surface area contributed by atoms with E-state index in [1.807, 2.05) is 6.08 Å². The first-order chi connectivity index (χ1) is 15.8. The number of rotatable bonds is 2. The van der Waals surface area contributed by atoms with Gasteiger partial charge in [0.1, 0.15) is 0 Å². The zero-order chi connectivity index (χ0) is 23.4. The molecule has 1 unspecified atom stereocenters. The van der Waals surface area contributed by atoms with E-state index in [1.165, 1.54) is 27.8 Å². The molecular weight excluding hydrogens is 404 g/mol. The molecule has 0 radical (unpaired) electrons. The van der Waals surface area contributed by atoms with Crippen molar-refractivity contribution in [3.05, 3.63) is 75.4 Å². The Hall–Kier alpha value is -3.40. The Kier molecular flexibility index (Phi) is 5.12. The van der Waals surface area contributed by atoms with E-state index in [9.17, 15) is 0 Å². The highest BCUT2D eigenvalue weighted by Gasteiger charge is 2.20. The molecule has 2 aliphatic heterocycles. The Morgan fingerprint density at radius 1 is 0.939 bits per heavy atom. The minimum Gasteiger partial charge on any atom is -0.355 e. The van der Waals surface area contributed by atoms with Gasteiger partial charge in [0, 0.05) is 44.9 Å². The molecule has 3 aromatic heterocycles. The third-order valence-electron chi connectivity index (χ3n) is 7.32. The average Bonchev–Trinajstić information content (AvgIpc) is 3.49. The van der Waals surface area contributed by atoms with Crippen LogP contribution in [0.25, 0.3) is 39.8 Å². The van der Waals surface area contributed by atoms with Crippen molar-refractivity contribution in [3.8, 4) is 0 Å². The molecule has 8 bridgehead atoms. The molecule has 33 heavy (non-hydrogen) atoms. The summed E-state index contributed by atoms with van der Waals surface area (Å²) in [6.45, 7) is 17.2. The summed E-state index contributed by atoms with van der Waals surface area (Å²) in [4.78, 5) is 17.4. The fourth-order valence-corrected chi connectivity index (χ4v) is 5.14. The van der Waals surface area contributed by atoms with Crippen molar-refractivity contribution in [1.82, 2.24) is 19.9 Å². The number of allylic oxidation sites excluding steroid dienone is 1. The molecule has 0 aromatic carbocycles. The minimum atomic E-state index is 0.370. The number of hydrogen-bond acceptors (Lipinski definition) is 2. The van der Waals surface area contributed by atoms with Gasteiger partial charge in [-0.2, -0.15) is 0 Å². The molecule has 0 saturated carbocycles. The molecule has 3 aromatic rings. The van der Waals surface area contributed by atoms with Crippen LogP contribution in [0.1, 0.15) is 77.3 Å². The number of aryl methyl sites for hydroxylation is 3. The van der Waals surface area contributed by atoms with Gasteiger partial charge in [0.15, 0.2) is 0 Å². The van der Waals surface area contributed by atoms with Crippen LogP contribution >= 0.6 is 0 Å². The summed E-state index contributed by atoms with van der Waals surface area (Å²) in [5.74, 6) is 0.370. The molecule has 2 aliphatic rings. The van der Waals surface area contributed by atoms with E-state index in [0.717, 1.165) is 63.2 Å². The highest BCUT2D eigenvalue weighted by Crippen LogP contribution is 2.31. The molecule has 0 fully saturated rings. The average molecular weight is 437 g/mol. The van der Waals surface area contributed by atoms with Crippen molar-refractivity contribution >= 4 is 39.8 Å².